The van der Waals surface area contributed by atoms with E-state index in [0.717, 1.165) is 6.42 Å². The predicted molar refractivity (Wildman–Crippen MR) is 43.9 cm³/mol. The molecule has 0 aliphatic carbocycles. The Morgan fingerprint density at radius 2 is 2.11 bits per heavy atom. The molecule has 3 atom stereocenters. The van der Waals surface area contributed by atoms with E-state index in [4.69, 9.17) is 0 Å². The van der Waals surface area contributed by atoms with Crippen LogP contribution in [0, 0.1) is 0 Å². The van der Waals surface area contributed by atoms with Gasteiger partial charge in [0.05, 0.1) is 9.83 Å². The maximum Gasteiger partial charge on any atom is 0.0835 e. The van der Waals surface area contributed by atoms with Crippen LogP contribution in [0.4, 0.5) is 0 Å². The second kappa shape index (κ2) is 3.06. The first-order chi connectivity index (χ1) is 4.20. The molecule has 0 saturated carbocycles. The van der Waals surface area contributed by atoms with Crippen molar-refractivity contribution in [3.8, 4) is 0 Å². The predicted octanol–water partition coefficient (Wildman–Crippen LogP) is 1.95. The Kier molecular flexibility index (Phi) is 2.59. The van der Waals surface area contributed by atoms with Crippen LogP contribution in [0.2, 0.25) is 0 Å². The zero-order valence-electron chi connectivity index (χ0n) is 5.79. The lowest BCUT2D eigenvalue weighted by molar-refractivity contribution is 0.656. The summed E-state index contributed by atoms with van der Waals surface area (Å²) in [5, 5.41) is 1.04. The van der Waals surface area contributed by atoms with Crippen molar-refractivity contribution in [2.24, 2.45) is 0 Å². The van der Waals surface area contributed by atoms with Gasteiger partial charge in [0, 0.05) is 10.5 Å². The largest absolute Gasteiger partial charge is 0.248 e. The van der Waals surface area contributed by atoms with E-state index in [1.165, 1.54) is 6.42 Å². The second-order valence-corrected chi connectivity index (χ2v) is 6.44. The molecule has 1 nitrogen and oxygen atoms in total. The van der Waals surface area contributed by atoms with Gasteiger partial charge in [-0.2, -0.15) is 0 Å². The molecule has 0 bridgehead atoms. The van der Waals surface area contributed by atoms with Crippen LogP contribution in [0.1, 0.15) is 26.7 Å². The summed E-state index contributed by atoms with van der Waals surface area (Å²) in [7, 11) is 1.02. The quantitative estimate of drug-likeness (QED) is 0.509. The molecule has 0 radical (unpaired) electrons. The zero-order chi connectivity index (χ0) is 6.85. The molecule has 1 aliphatic rings. The van der Waals surface area contributed by atoms with E-state index in [2.05, 4.69) is 13.8 Å². The van der Waals surface area contributed by atoms with E-state index < -0.39 is 9.83 Å². The molecule has 54 valence electrons. The van der Waals surface area contributed by atoms with Gasteiger partial charge in [-0.1, -0.05) is 17.7 Å². The minimum absolute atomic E-state index is 0.422. The first-order valence-electron chi connectivity index (χ1n) is 3.28. The summed E-state index contributed by atoms with van der Waals surface area (Å²) in [6, 6.07) is 0. The Hall–Kier alpha value is 0.500. The molecule has 1 aliphatic heterocycles. The van der Waals surface area contributed by atoms with Gasteiger partial charge < -0.3 is 0 Å². The minimum Gasteiger partial charge on any atom is -0.248 e. The van der Waals surface area contributed by atoms with Crippen LogP contribution in [-0.2, 0) is 9.83 Å². The third kappa shape index (κ3) is 1.97. The molecule has 1 saturated heterocycles. The van der Waals surface area contributed by atoms with Gasteiger partial charge in [-0.25, -0.2) is 4.21 Å². The first kappa shape index (κ1) is 7.61. The molecule has 0 amide bonds. The van der Waals surface area contributed by atoms with Gasteiger partial charge >= 0.3 is 0 Å². The van der Waals surface area contributed by atoms with Crippen LogP contribution in [-0.4, -0.2) is 14.7 Å². The van der Waals surface area contributed by atoms with Crippen molar-refractivity contribution in [3.05, 3.63) is 0 Å². The van der Waals surface area contributed by atoms with Gasteiger partial charge in [0.25, 0.3) is 0 Å². The Balaban J connectivity index is 2.44. The zero-order valence-corrected chi connectivity index (χ0v) is 7.43. The Morgan fingerprint density at radius 3 is 2.56 bits per heavy atom. The average Bonchev–Trinajstić information content (AvgIpc) is 1.80. The summed E-state index contributed by atoms with van der Waals surface area (Å²) in [5.74, 6) is 0. The summed E-state index contributed by atoms with van der Waals surface area (Å²) in [6.07, 6.45) is 2.37. The van der Waals surface area contributed by atoms with Crippen molar-refractivity contribution in [2.75, 3.05) is 0 Å². The van der Waals surface area contributed by atoms with Crippen molar-refractivity contribution in [1.29, 1.82) is 0 Å². The molecule has 0 N–H and O–H groups in total. The van der Waals surface area contributed by atoms with E-state index in [0.29, 0.717) is 10.5 Å². The summed E-state index contributed by atoms with van der Waals surface area (Å²) in [6.45, 7) is 4.21. The highest BCUT2D eigenvalue weighted by Gasteiger charge is 2.21. The monoisotopic (exact) mass is 164 g/mol. The minimum atomic E-state index is -0.598. The van der Waals surface area contributed by atoms with Gasteiger partial charge in [0.2, 0.25) is 0 Å². The number of hydrogen-bond donors (Lipinski definition) is 0. The molecule has 3 heteroatoms. The van der Waals surface area contributed by atoms with Crippen molar-refractivity contribution in [2.45, 2.75) is 37.2 Å². The highest BCUT2D eigenvalue weighted by Crippen LogP contribution is 2.30. The van der Waals surface area contributed by atoms with Crippen molar-refractivity contribution in [1.82, 2.24) is 0 Å². The average molecular weight is 164 g/mol. The highest BCUT2D eigenvalue weighted by molar-refractivity contribution is 8.69. The maximum atomic E-state index is 11.1. The molecule has 0 aromatic carbocycles. The molecule has 3 unspecified atom stereocenters. The van der Waals surface area contributed by atoms with Crippen molar-refractivity contribution < 1.29 is 4.21 Å². The van der Waals surface area contributed by atoms with Crippen LogP contribution in [0.5, 0.6) is 0 Å². The number of rotatable bonds is 0. The molecule has 1 heterocycles. The fourth-order valence-electron chi connectivity index (χ4n) is 0.870. The summed E-state index contributed by atoms with van der Waals surface area (Å²) in [5.41, 5.74) is 0. The molecular formula is C6H12OS2. The maximum absolute atomic E-state index is 11.1. The van der Waals surface area contributed by atoms with Gasteiger partial charge in [0.1, 0.15) is 0 Å². The Bertz CT molecular complexity index is 124. The lowest BCUT2D eigenvalue weighted by Crippen LogP contribution is -2.17. The van der Waals surface area contributed by atoms with Crippen LogP contribution in [0.15, 0.2) is 0 Å². The SMILES string of the molecule is CC1CCC(C)S(=O)S1. The molecule has 1 fully saturated rings. The molecular weight excluding hydrogens is 152 g/mol. The normalized spacial score (nSPS) is 44.9. The van der Waals surface area contributed by atoms with Gasteiger partial charge in [-0.15, -0.1) is 0 Å². The number of hydrogen-bond acceptors (Lipinski definition) is 2. The molecule has 0 spiro atoms. The summed E-state index contributed by atoms with van der Waals surface area (Å²) < 4.78 is 11.1. The molecule has 1 rings (SSSR count). The smallest absolute Gasteiger partial charge is 0.0835 e. The summed E-state index contributed by atoms with van der Waals surface area (Å²) in [4.78, 5) is 0. The van der Waals surface area contributed by atoms with Gasteiger partial charge in [0.15, 0.2) is 0 Å². The third-order valence-electron chi connectivity index (χ3n) is 1.57. The lowest BCUT2D eigenvalue weighted by Gasteiger charge is -2.21. The Morgan fingerprint density at radius 1 is 1.44 bits per heavy atom. The van der Waals surface area contributed by atoms with Gasteiger partial charge in [-0.05, 0) is 19.8 Å². The molecule has 9 heavy (non-hydrogen) atoms. The Labute approximate surface area is 62.5 Å². The topological polar surface area (TPSA) is 17.1 Å². The highest BCUT2D eigenvalue weighted by atomic mass is 33.1. The van der Waals surface area contributed by atoms with Crippen LogP contribution >= 0.6 is 10.8 Å². The van der Waals surface area contributed by atoms with E-state index in [1.54, 1.807) is 10.8 Å². The van der Waals surface area contributed by atoms with E-state index in [9.17, 15) is 4.21 Å². The van der Waals surface area contributed by atoms with Gasteiger partial charge in [-0.3, -0.25) is 0 Å². The van der Waals surface area contributed by atoms with Crippen LogP contribution in [0.25, 0.3) is 0 Å². The fraction of sp³-hybridized carbons (Fsp3) is 1.00. The second-order valence-electron chi connectivity index (χ2n) is 2.56. The molecule has 0 aromatic heterocycles. The van der Waals surface area contributed by atoms with E-state index >= 15 is 0 Å². The van der Waals surface area contributed by atoms with Crippen LogP contribution < -0.4 is 0 Å². The molecule has 0 aromatic rings. The van der Waals surface area contributed by atoms with E-state index in [-0.39, 0.29) is 0 Å². The van der Waals surface area contributed by atoms with E-state index in [1.807, 2.05) is 0 Å². The third-order valence-corrected chi connectivity index (χ3v) is 5.75. The van der Waals surface area contributed by atoms with Crippen molar-refractivity contribution in [3.63, 3.8) is 0 Å². The first-order valence-corrected chi connectivity index (χ1v) is 5.89. The summed E-state index contributed by atoms with van der Waals surface area (Å²) >= 11 is 0. The van der Waals surface area contributed by atoms with Crippen molar-refractivity contribution >= 4 is 20.6 Å². The standard InChI is InChI=1S/C6H12OS2/c1-5-3-4-6(2)9(7)8-5/h5-6H,3-4H2,1-2H3. The lowest BCUT2D eigenvalue weighted by atomic mass is 10.2. The fourth-order valence-corrected chi connectivity index (χ4v) is 4.06. The van der Waals surface area contributed by atoms with Crippen LogP contribution in [0.3, 0.4) is 0 Å².